The van der Waals surface area contributed by atoms with Gasteiger partial charge in [0.2, 0.25) is 0 Å². The standard InChI is InChI=1S/C13H22N4O4/c1-10(15(2)6-7-18)13-11(17(19)20)9-14-16(13)12-5-3-4-8-21-12/h9-10,12,18H,3-8H2,1-2H3/t10-,12-/m0/s1. The molecule has 2 atom stereocenters. The molecule has 1 saturated heterocycles. The summed E-state index contributed by atoms with van der Waals surface area (Å²) in [5.74, 6) is 0. The van der Waals surface area contributed by atoms with Crippen LogP contribution in [0.3, 0.4) is 0 Å². The molecule has 1 fully saturated rings. The summed E-state index contributed by atoms with van der Waals surface area (Å²) in [6.07, 6.45) is 3.89. The maximum absolute atomic E-state index is 11.2. The third kappa shape index (κ3) is 3.39. The Morgan fingerprint density at radius 3 is 3.00 bits per heavy atom. The van der Waals surface area contributed by atoms with Crippen LogP contribution in [0.15, 0.2) is 6.20 Å². The van der Waals surface area contributed by atoms with Crippen molar-refractivity contribution < 1.29 is 14.8 Å². The van der Waals surface area contributed by atoms with Gasteiger partial charge in [-0.1, -0.05) is 0 Å². The number of hydrogen-bond acceptors (Lipinski definition) is 6. The number of likely N-dealkylation sites (N-methyl/N-ethyl adjacent to an activating group) is 1. The third-order valence-electron chi connectivity index (χ3n) is 3.95. The molecule has 0 aliphatic carbocycles. The largest absolute Gasteiger partial charge is 0.395 e. The lowest BCUT2D eigenvalue weighted by Crippen LogP contribution is -2.30. The monoisotopic (exact) mass is 298 g/mol. The van der Waals surface area contributed by atoms with Crippen LogP contribution in [-0.4, -0.2) is 51.5 Å². The Labute approximate surface area is 123 Å². The Hall–Kier alpha value is -1.51. The normalized spacial score (nSPS) is 20.7. The van der Waals surface area contributed by atoms with Crippen molar-refractivity contribution in [2.45, 2.75) is 38.5 Å². The van der Waals surface area contributed by atoms with Gasteiger partial charge >= 0.3 is 5.69 Å². The van der Waals surface area contributed by atoms with Crippen molar-refractivity contribution in [2.24, 2.45) is 0 Å². The van der Waals surface area contributed by atoms with Crippen molar-refractivity contribution in [1.82, 2.24) is 14.7 Å². The van der Waals surface area contributed by atoms with Crippen LogP contribution in [0.2, 0.25) is 0 Å². The first kappa shape index (κ1) is 15.9. The molecule has 1 aliphatic rings. The Morgan fingerprint density at radius 1 is 1.67 bits per heavy atom. The van der Waals surface area contributed by atoms with Crippen molar-refractivity contribution in [3.8, 4) is 0 Å². The van der Waals surface area contributed by atoms with E-state index in [0.717, 1.165) is 19.3 Å². The fourth-order valence-corrected chi connectivity index (χ4v) is 2.61. The van der Waals surface area contributed by atoms with E-state index >= 15 is 0 Å². The van der Waals surface area contributed by atoms with Gasteiger partial charge in [0.1, 0.15) is 11.9 Å². The van der Waals surface area contributed by atoms with E-state index in [1.165, 1.54) is 6.20 Å². The van der Waals surface area contributed by atoms with E-state index in [4.69, 9.17) is 9.84 Å². The van der Waals surface area contributed by atoms with Gasteiger partial charge in [-0.05, 0) is 33.2 Å². The summed E-state index contributed by atoms with van der Waals surface area (Å²) in [6.45, 7) is 2.97. The van der Waals surface area contributed by atoms with Gasteiger partial charge in [-0.2, -0.15) is 5.10 Å². The molecule has 1 N–H and O–H groups in total. The maximum atomic E-state index is 11.2. The summed E-state index contributed by atoms with van der Waals surface area (Å²) < 4.78 is 7.33. The molecule has 1 aliphatic heterocycles. The van der Waals surface area contributed by atoms with E-state index in [1.807, 2.05) is 18.9 Å². The predicted octanol–water partition coefficient (Wildman–Crippen LogP) is 1.48. The predicted molar refractivity (Wildman–Crippen MR) is 75.9 cm³/mol. The number of hydrogen-bond donors (Lipinski definition) is 1. The average Bonchev–Trinajstić information content (AvgIpc) is 2.92. The van der Waals surface area contributed by atoms with Gasteiger partial charge in [0, 0.05) is 13.2 Å². The lowest BCUT2D eigenvalue weighted by Gasteiger charge is -2.28. The highest BCUT2D eigenvalue weighted by Crippen LogP contribution is 2.33. The Kier molecular flexibility index (Phi) is 5.27. The first-order chi connectivity index (χ1) is 10.1. The summed E-state index contributed by atoms with van der Waals surface area (Å²) in [5.41, 5.74) is 0.532. The molecule has 0 aromatic carbocycles. The third-order valence-corrected chi connectivity index (χ3v) is 3.95. The molecule has 0 spiro atoms. The van der Waals surface area contributed by atoms with Crippen LogP contribution < -0.4 is 0 Å². The Bertz CT molecular complexity index is 485. The van der Waals surface area contributed by atoms with Gasteiger partial charge < -0.3 is 9.84 Å². The molecule has 0 bridgehead atoms. The van der Waals surface area contributed by atoms with E-state index < -0.39 is 4.92 Å². The van der Waals surface area contributed by atoms with Crippen LogP contribution in [0.4, 0.5) is 5.69 Å². The number of aliphatic hydroxyl groups excluding tert-OH is 1. The Morgan fingerprint density at radius 2 is 2.43 bits per heavy atom. The lowest BCUT2D eigenvalue weighted by molar-refractivity contribution is -0.386. The van der Waals surface area contributed by atoms with Crippen LogP contribution in [-0.2, 0) is 4.74 Å². The molecular weight excluding hydrogens is 276 g/mol. The minimum atomic E-state index is -0.412. The van der Waals surface area contributed by atoms with Crippen molar-refractivity contribution in [3.63, 3.8) is 0 Å². The Balaban J connectivity index is 2.34. The molecule has 1 aromatic rings. The van der Waals surface area contributed by atoms with Crippen LogP contribution in [0.5, 0.6) is 0 Å². The molecule has 2 heterocycles. The smallest absolute Gasteiger partial charge is 0.311 e. The molecule has 0 amide bonds. The van der Waals surface area contributed by atoms with Crippen molar-refractivity contribution in [1.29, 1.82) is 0 Å². The summed E-state index contributed by atoms with van der Waals surface area (Å²) in [6, 6.07) is -0.231. The van der Waals surface area contributed by atoms with E-state index in [1.54, 1.807) is 4.68 Å². The van der Waals surface area contributed by atoms with Crippen molar-refractivity contribution in [3.05, 3.63) is 22.0 Å². The molecule has 118 valence electrons. The molecule has 0 saturated carbocycles. The SMILES string of the molecule is C[C@@H](c1c([N+](=O)[O-])cnn1[C@@H]1CCCCO1)N(C)CCO. The maximum Gasteiger partial charge on any atom is 0.311 e. The molecule has 8 heteroatoms. The fourth-order valence-electron chi connectivity index (χ4n) is 2.61. The lowest BCUT2D eigenvalue weighted by atomic mass is 10.1. The molecule has 8 nitrogen and oxygen atoms in total. The van der Waals surface area contributed by atoms with E-state index in [2.05, 4.69) is 5.10 Å². The second-order valence-electron chi connectivity index (χ2n) is 5.32. The van der Waals surface area contributed by atoms with Crippen LogP contribution in [0, 0.1) is 10.1 Å². The molecule has 2 rings (SSSR count). The molecule has 1 aromatic heterocycles. The number of aromatic nitrogens is 2. The molecule has 0 unspecified atom stereocenters. The number of nitro groups is 1. The highest BCUT2D eigenvalue weighted by atomic mass is 16.6. The van der Waals surface area contributed by atoms with Crippen molar-refractivity contribution in [2.75, 3.05) is 26.8 Å². The number of rotatable bonds is 6. The minimum absolute atomic E-state index is 0.00135. The summed E-state index contributed by atoms with van der Waals surface area (Å²) in [7, 11) is 1.82. The van der Waals surface area contributed by atoms with Crippen LogP contribution in [0.25, 0.3) is 0 Å². The first-order valence-electron chi connectivity index (χ1n) is 7.20. The average molecular weight is 298 g/mol. The summed E-state index contributed by atoms with van der Waals surface area (Å²) >= 11 is 0. The van der Waals surface area contributed by atoms with Gasteiger partial charge in [0.15, 0.2) is 6.23 Å². The molecular formula is C13H22N4O4. The van der Waals surface area contributed by atoms with E-state index in [0.29, 0.717) is 18.8 Å². The number of aliphatic hydroxyl groups is 1. The van der Waals surface area contributed by atoms with Crippen LogP contribution in [0.1, 0.15) is 44.1 Å². The quantitative estimate of drug-likeness (QED) is 0.631. The topological polar surface area (TPSA) is 93.7 Å². The first-order valence-corrected chi connectivity index (χ1v) is 7.20. The number of nitrogens with zero attached hydrogens (tertiary/aromatic N) is 4. The zero-order valence-electron chi connectivity index (χ0n) is 12.4. The highest BCUT2D eigenvalue weighted by Gasteiger charge is 2.31. The molecule has 0 radical (unpaired) electrons. The van der Waals surface area contributed by atoms with Crippen LogP contribution >= 0.6 is 0 Å². The van der Waals surface area contributed by atoms with E-state index in [-0.39, 0.29) is 24.6 Å². The summed E-state index contributed by atoms with van der Waals surface area (Å²) in [4.78, 5) is 12.7. The molecule has 21 heavy (non-hydrogen) atoms. The van der Waals surface area contributed by atoms with Gasteiger partial charge in [0.05, 0.1) is 17.6 Å². The zero-order chi connectivity index (χ0) is 15.4. The second-order valence-corrected chi connectivity index (χ2v) is 5.32. The summed E-state index contributed by atoms with van der Waals surface area (Å²) in [5, 5.41) is 24.5. The minimum Gasteiger partial charge on any atom is -0.395 e. The van der Waals surface area contributed by atoms with Gasteiger partial charge in [-0.3, -0.25) is 15.0 Å². The highest BCUT2D eigenvalue weighted by molar-refractivity contribution is 5.35. The van der Waals surface area contributed by atoms with Crippen molar-refractivity contribution >= 4 is 5.69 Å². The fraction of sp³-hybridized carbons (Fsp3) is 0.769. The van der Waals surface area contributed by atoms with Gasteiger partial charge in [0.25, 0.3) is 0 Å². The van der Waals surface area contributed by atoms with Gasteiger partial charge in [-0.15, -0.1) is 0 Å². The zero-order valence-corrected chi connectivity index (χ0v) is 12.4. The number of ether oxygens (including phenoxy) is 1. The van der Waals surface area contributed by atoms with E-state index in [9.17, 15) is 10.1 Å². The van der Waals surface area contributed by atoms with Gasteiger partial charge in [-0.25, -0.2) is 4.68 Å². The second kappa shape index (κ2) is 6.97.